The van der Waals surface area contributed by atoms with Gasteiger partial charge in [0.05, 0.1) is 0 Å². The minimum atomic E-state index is 0.376. The highest BCUT2D eigenvalue weighted by atomic mass is 127. The zero-order valence-corrected chi connectivity index (χ0v) is 10.8. The van der Waals surface area contributed by atoms with Gasteiger partial charge >= 0.3 is 0 Å². The monoisotopic (exact) mass is 281 g/mol. The van der Waals surface area contributed by atoms with Gasteiger partial charge in [0.25, 0.3) is 0 Å². The molecule has 1 saturated heterocycles. The lowest BCUT2D eigenvalue weighted by atomic mass is 9.78. The van der Waals surface area contributed by atoms with E-state index >= 15 is 0 Å². The summed E-state index contributed by atoms with van der Waals surface area (Å²) in [7, 11) is 0. The van der Waals surface area contributed by atoms with Gasteiger partial charge in [-0.2, -0.15) is 0 Å². The fourth-order valence-electron chi connectivity index (χ4n) is 2.34. The molecule has 1 rings (SSSR count). The third-order valence-electron chi connectivity index (χ3n) is 2.78. The van der Waals surface area contributed by atoms with Gasteiger partial charge in [-0.05, 0) is 38.5 Å². The molecule has 1 aliphatic rings. The lowest BCUT2D eigenvalue weighted by molar-refractivity contribution is 0.201. The van der Waals surface area contributed by atoms with Crippen LogP contribution in [0.1, 0.15) is 47.0 Å². The SMILES string of the molecule is CC1(C)CCCN(I)C(C)(C)C1. The van der Waals surface area contributed by atoms with Crippen molar-refractivity contribution in [2.75, 3.05) is 6.54 Å². The summed E-state index contributed by atoms with van der Waals surface area (Å²) in [6.07, 6.45) is 4.03. The van der Waals surface area contributed by atoms with Crippen molar-refractivity contribution in [3.8, 4) is 0 Å². The van der Waals surface area contributed by atoms with Crippen LogP contribution < -0.4 is 0 Å². The molecule has 0 aromatic rings. The standard InChI is InChI=1S/C10H20IN/c1-9(2)6-5-7-12(11)10(3,4)8-9/h5-8H2,1-4H3. The molecule has 0 amide bonds. The predicted molar refractivity (Wildman–Crippen MR) is 62.4 cm³/mol. The van der Waals surface area contributed by atoms with Crippen LogP contribution in [0.5, 0.6) is 0 Å². The fourth-order valence-corrected chi connectivity index (χ4v) is 2.86. The second-order valence-corrected chi connectivity index (χ2v) is 6.51. The Hall–Kier alpha value is 0.690. The van der Waals surface area contributed by atoms with E-state index in [0.29, 0.717) is 11.0 Å². The molecule has 0 aromatic carbocycles. The summed E-state index contributed by atoms with van der Waals surface area (Å²) in [6.45, 7) is 10.7. The molecule has 0 unspecified atom stereocenters. The van der Waals surface area contributed by atoms with Crippen molar-refractivity contribution in [3.63, 3.8) is 0 Å². The maximum atomic E-state index is 2.47. The zero-order chi connectivity index (χ0) is 9.41. The molecule has 0 aromatic heterocycles. The molecule has 0 saturated carbocycles. The third kappa shape index (κ3) is 2.59. The Bertz CT molecular complexity index is 163. The molecule has 1 fully saturated rings. The van der Waals surface area contributed by atoms with Crippen LogP contribution >= 0.6 is 22.9 Å². The fraction of sp³-hybridized carbons (Fsp3) is 1.00. The number of nitrogens with zero attached hydrogens (tertiary/aromatic N) is 1. The van der Waals surface area contributed by atoms with Crippen LogP contribution in [-0.4, -0.2) is 15.2 Å². The molecular weight excluding hydrogens is 261 g/mol. The molecule has 1 aliphatic heterocycles. The quantitative estimate of drug-likeness (QED) is 0.484. The van der Waals surface area contributed by atoms with E-state index in [1.807, 2.05) is 0 Å². The summed E-state index contributed by atoms with van der Waals surface area (Å²) in [4.78, 5) is 0. The largest absolute Gasteiger partial charge is 0.242 e. The first kappa shape index (κ1) is 10.8. The van der Waals surface area contributed by atoms with E-state index in [4.69, 9.17) is 0 Å². The van der Waals surface area contributed by atoms with E-state index in [-0.39, 0.29) is 0 Å². The summed E-state index contributed by atoms with van der Waals surface area (Å²) in [5.74, 6) is 0. The lowest BCUT2D eigenvalue weighted by Crippen LogP contribution is -2.38. The Kier molecular flexibility index (Phi) is 3.09. The normalized spacial score (nSPS) is 29.8. The van der Waals surface area contributed by atoms with Gasteiger partial charge in [-0.15, -0.1) is 0 Å². The van der Waals surface area contributed by atoms with Crippen LogP contribution in [0.4, 0.5) is 0 Å². The minimum Gasteiger partial charge on any atom is -0.242 e. The summed E-state index contributed by atoms with van der Waals surface area (Å²) in [5, 5.41) is 0. The van der Waals surface area contributed by atoms with Crippen molar-refractivity contribution in [2.24, 2.45) is 5.41 Å². The Morgan fingerprint density at radius 2 is 1.75 bits per heavy atom. The average Bonchev–Trinajstić information content (AvgIpc) is 1.90. The first-order chi connectivity index (χ1) is 5.33. The van der Waals surface area contributed by atoms with Crippen LogP contribution in [0.15, 0.2) is 0 Å². The topological polar surface area (TPSA) is 3.24 Å². The van der Waals surface area contributed by atoms with E-state index in [2.05, 4.69) is 53.7 Å². The predicted octanol–water partition coefficient (Wildman–Crippen LogP) is 3.63. The van der Waals surface area contributed by atoms with Crippen LogP contribution in [0, 0.1) is 5.41 Å². The number of halogens is 1. The average molecular weight is 281 g/mol. The summed E-state index contributed by atoms with van der Waals surface area (Å²) in [6, 6.07) is 0. The van der Waals surface area contributed by atoms with Gasteiger partial charge in [-0.1, -0.05) is 13.8 Å². The Morgan fingerprint density at radius 3 is 2.33 bits per heavy atom. The molecule has 1 nitrogen and oxygen atoms in total. The summed E-state index contributed by atoms with van der Waals surface area (Å²) >= 11 is 2.47. The zero-order valence-electron chi connectivity index (χ0n) is 8.65. The highest BCUT2D eigenvalue weighted by Crippen LogP contribution is 2.39. The number of rotatable bonds is 0. The second kappa shape index (κ2) is 3.45. The van der Waals surface area contributed by atoms with Gasteiger partial charge in [-0.3, -0.25) is 0 Å². The van der Waals surface area contributed by atoms with Gasteiger partial charge in [0.2, 0.25) is 0 Å². The van der Waals surface area contributed by atoms with Crippen molar-refractivity contribution in [3.05, 3.63) is 0 Å². The molecule has 72 valence electrons. The van der Waals surface area contributed by atoms with Crippen molar-refractivity contribution < 1.29 is 0 Å². The van der Waals surface area contributed by atoms with Gasteiger partial charge in [0.15, 0.2) is 0 Å². The smallest absolute Gasteiger partial charge is 0.0253 e. The van der Waals surface area contributed by atoms with Crippen molar-refractivity contribution in [1.82, 2.24) is 3.11 Å². The first-order valence-corrected chi connectivity index (χ1v) is 5.73. The summed E-state index contributed by atoms with van der Waals surface area (Å²) < 4.78 is 2.47. The minimum absolute atomic E-state index is 0.376. The van der Waals surface area contributed by atoms with E-state index < -0.39 is 0 Å². The van der Waals surface area contributed by atoms with Crippen molar-refractivity contribution in [2.45, 2.75) is 52.5 Å². The van der Waals surface area contributed by atoms with Crippen molar-refractivity contribution in [1.29, 1.82) is 0 Å². The van der Waals surface area contributed by atoms with Gasteiger partial charge in [-0.25, -0.2) is 3.11 Å². The van der Waals surface area contributed by atoms with Crippen LogP contribution in [0.3, 0.4) is 0 Å². The Morgan fingerprint density at radius 1 is 1.17 bits per heavy atom. The Labute approximate surface area is 90.4 Å². The molecule has 0 radical (unpaired) electrons. The molecule has 12 heavy (non-hydrogen) atoms. The molecule has 0 bridgehead atoms. The van der Waals surface area contributed by atoms with Crippen LogP contribution in [0.25, 0.3) is 0 Å². The molecule has 0 atom stereocenters. The van der Waals surface area contributed by atoms with Crippen LogP contribution in [-0.2, 0) is 0 Å². The molecule has 0 aliphatic carbocycles. The molecule has 0 N–H and O–H groups in total. The Balaban J connectivity index is 2.73. The number of hydrogen-bond acceptors (Lipinski definition) is 1. The first-order valence-electron chi connectivity index (χ1n) is 4.77. The maximum Gasteiger partial charge on any atom is 0.0253 e. The lowest BCUT2D eigenvalue weighted by Gasteiger charge is -2.36. The molecule has 1 heterocycles. The van der Waals surface area contributed by atoms with Crippen LogP contribution in [0.2, 0.25) is 0 Å². The van der Waals surface area contributed by atoms with Crippen molar-refractivity contribution >= 4 is 22.9 Å². The van der Waals surface area contributed by atoms with E-state index in [9.17, 15) is 0 Å². The maximum absolute atomic E-state index is 2.47. The van der Waals surface area contributed by atoms with E-state index in [1.165, 1.54) is 25.8 Å². The van der Waals surface area contributed by atoms with E-state index in [0.717, 1.165) is 0 Å². The van der Waals surface area contributed by atoms with E-state index in [1.54, 1.807) is 0 Å². The molecule has 0 spiro atoms. The van der Waals surface area contributed by atoms with Gasteiger partial charge in [0, 0.05) is 34.9 Å². The third-order valence-corrected chi connectivity index (χ3v) is 4.56. The van der Waals surface area contributed by atoms with Gasteiger partial charge < -0.3 is 0 Å². The highest BCUT2D eigenvalue weighted by molar-refractivity contribution is 14.1. The summed E-state index contributed by atoms with van der Waals surface area (Å²) in [5.41, 5.74) is 0.907. The molecule has 2 heteroatoms. The number of hydrogen-bond donors (Lipinski definition) is 0. The van der Waals surface area contributed by atoms with Gasteiger partial charge in [0.1, 0.15) is 0 Å². The highest BCUT2D eigenvalue weighted by Gasteiger charge is 2.35. The second-order valence-electron chi connectivity index (χ2n) is 5.34. The molecular formula is C10H20IN.